The summed E-state index contributed by atoms with van der Waals surface area (Å²) >= 11 is 48.6. The first-order valence-electron chi connectivity index (χ1n) is 10.7. The summed E-state index contributed by atoms with van der Waals surface area (Å²) in [6.45, 7) is 0. The molecule has 0 aromatic heterocycles. The Morgan fingerprint density at radius 1 is 0.389 bits per heavy atom. The minimum absolute atomic E-state index is 0.167. The van der Waals surface area contributed by atoms with E-state index >= 15 is 0 Å². The highest BCUT2D eigenvalue weighted by Crippen LogP contribution is 2.38. The summed E-state index contributed by atoms with van der Waals surface area (Å²) in [7, 11) is 0. The Kier molecular flexibility index (Phi) is 11.9. The van der Waals surface area contributed by atoms with Gasteiger partial charge in [0, 0.05) is 31.9 Å². The van der Waals surface area contributed by atoms with Crippen LogP contribution in [0.2, 0.25) is 20.1 Å². The van der Waals surface area contributed by atoms with Crippen LogP contribution >= 0.6 is 92.8 Å². The van der Waals surface area contributed by atoms with E-state index in [9.17, 15) is 0 Å². The molecular weight excluding hydrogens is 620 g/mol. The summed E-state index contributed by atoms with van der Waals surface area (Å²) in [4.78, 5) is -1.16. The first-order chi connectivity index (χ1) is 17.2. The summed E-state index contributed by atoms with van der Waals surface area (Å²) in [5.41, 5.74) is 3.80. The average Bonchev–Trinajstić information content (AvgIpc) is 2.84. The van der Waals surface area contributed by atoms with Crippen LogP contribution in [0.25, 0.3) is 0 Å². The molecule has 0 radical (unpaired) electrons. The average molecular weight is 640 g/mol. The van der Waals surface area contributed by atoms with Gasteiger partial charge in [-0.2, -0.15) is 0 Å². The highest BCUT2D eigenvalue weighted by Gasteiger charge is 2.24. The van der Waals surface area contributed by atoms with E-state index in [0.29, 0.717) is 20.1 Å². The topological polar surface area (TPSA) is 0 Å². The van der Waals surface area contributed by atoms with E-state index in [1.54, 1.807) is 0 Å². The quantitative estimate of drug-likeness (QED) is 0.184. The Hall–Kier alpha value is -0.800. The van der Waals surface area contributed by atoms with E-state index in [1.165, 1.54) is 0 Å². The lowest BCUT2D eigenvalue weighted by atomic mass is 9.93. The van der Waals surface area contributed by atoms with Gasteiger partial charge in [-0.25, -0.2) is 0 Å². The van der Waals surface area contributed by atoms with Crippen molar-refractivity contribution in [2.45, 2.75) is 21.5 Å². The van der Waals surface area contributed by atoms with Crippen molar-refractivity contribution in [1.82, 2.24) is 0 Å². The van der Waals surface area contributed by atoms with Crippen molar-refractivity contribution in [3.05, 3.63) is 139 Å². The predicted octanol–water partition coefficient (Wildman–Crippen LogP) is 11.9. The van der Waals surface area contributed by atoms with Crippen LogP contribution in [0.15, 0.2) is 97.1 Å². The molecule has 0 nitrogen and oxygen atoms in total. The Balaban J connectivity index is 0.000000201. The molecule has 0 amide bonds. The number of rotatable bonds is 6. The molecule has 2 unspecified atom stereocenters. The Morgan fingerprint density at radius 2 is 0.694 bits per heavy atom. The van der Waals surface area contributed by atoms with Gasteiger partial charge in [0.15, 0.2) is 0 Å². The van der Waals surface area contributed by atoms with Crippen LogP contribution in [0.4, 0.5) is 0 Å². The van der Waals surface area contributed by atoms with Crippen molar-refractivity contribution < 1.29 is 0 Å². The fourth-order valence-corrected chi connectivity index (χ4v) is 5.60. The first-order valence-corrected chi connectivity index (χ1v) is 14.0. The molecule has 188 valence electrons. The van der Waals surface area contributed by atoms with Gasteiger partial charge in [-0.1, -0.05) is 107 Å². The third-order valence-electron chi connectivity index (χ3n) is 5.44. The predicted molar refractivity (Wildman–Crippen MR) is 160 cm³/mol. The summed E-state index contributed by atoms with van der Waals surface area (Å²) in [6, 6.07) is 30.0. The molecule has 4 aromatic rings. The molecule has 4 rings (SSSR count). The molecule has 0 saturated carbocycles. The number of alkyl halides is 4. The van der Waals surface area contributed by atoms with Gasteiger partial charge in [0.05, 0.1) is 0 Å². The molecule has 4 aromatic carbocycles. The second-order valence-corrected chi connectivity index (χ2v) is 11.8. The van der Waals surface area contributed by atoms with E-state index in [2.05, 4.69) is 0 Å². The molecule has 0 aliphatic carbocycles. The third-order valence-corrected chi connectivity index (χ3v) is 7.64. The van der Waals surface area contributed by atoms with Crippen molar-refractivity contribution in [1.29, 1.82) is 0 Å². The van der Waals surface area contributed by atoms with Crippen LogP contribution in [0.3, 0.4) is 0 Å². The maximum absolute atomic E-state index is 6.20. The minimum Gasteiger partial charge on any atom is -0.104 e. The van der Waals surface area contributed by atoms with Gasteiger partial charge in [-0.05, 0) is 58.7 Å². The lowest BCUT2D eigenvalue weighted by Crippen LogP contribution is -2.09. The normalized spacial score (nSPS) is 12.7. The Morgan fingerprint density at radius 3 is 0.972 bits per heavy atom. The fourth-order valence-electron chi connectivity index (χ4n) is 3.72. The zero-order chi connectivity index (χ0) is 26.2. The van der Waals surface area contributed by atoms with Crippen LogP contribution in [-0.4, -0.2) is 9.67 Å². The van der Waals surface area contributed by atoms with E-state index in [-0.39, 0.29) is 11.8 Å². The van der Waals surface area contributed by atoms with Gasteiger partial charge >= 0.3 is 0 Å². The van der Waals surface area contributed by atoms with Crippen molar-refractivity contribution in [2.24, 2.45) is 0 Å². The van der Waals surface area contributed by atoms with E-state index in [4.69, 9.17) is 92.8 Å². The molecule has 2 atom stereocenters. The second-order valence-electron chi connectivity index (χ2n) is 7.77. The minimum atomic E-state index is -0.578. The van der Waals surface area contributed by atoms with Crippen LogP contribution in [-0.2, 0) is 0 Å². The maximum Gasteiger partial charge on any atom is 0.118 e. The summed E-state index contributed by atoms with van der Waals surface area (Å²) in [5, 5.41) is 2.67. The van der Waals surface area contributed by atoms with E-state index in [1.807, 2.05) is 97.1 Å². The molecule has 0 saturated heterocycles. The number of hydrogen-bond donors (Lipinski definition) is 0. The molecule has 0 spiro atoms. The van der Waals surface area contributed by atoms with Gasteiger partial charge in [0.25, 0.3) is 0 Å². The van der Waals surface area contributed by atoms with Gasteiger partial charge in [-0.3, -0.25) is 0 Å². The Bertz CT molecular complexity index is 1140. The van der Waals surface area contributed by atoms with Gasteiger partial charge in [0.2, 0.25) is 0 Å². The molecule has 0 aliphatic rings. The van der Waals surface area contributed by atoms with Crippen molar-refractivity contribution in [2.75, 3.05) is 0 Å². The molecule has 8 heteroatoms. The highest BCUT2D eigenvalue weighted by atomic mass is 35.5. The number of hydrogen-bond acceptors (Lipinski definition) is 0. The summed E-state index contributed by atoms with van der Waals surface area (Å²) in [6.07, 6.45) is 0. The molecule has 0 N–H and O–H groups in total. The largest absolute Gasteiger partial charge is 0.118 e. The molecule has 0 aliphatic heterocycles. The first kappa shape index (κ1) is 29.8. The second kappa shape index (κ2) is 14.4. The van der Waals surface area contributed by atoms with Crippen LogP contribution < -0.4 is 0 Å². The third kappa shape index (κ3) is 8.10. The lowest BCUT2D eigenvalue weighted by Gasteiger charge is -2.20. The van der Waals surface area contributed by atoms with E-state index < -0.39 is 9.67 Å². The monoisotopic (exact) mass is 636 g/mol. The molecule has 0 fully saturated rings. The molecule has 36 heavy (non-hydrogen) atoms. The van der Waals surface area contributed by atoms with Gasteiger partial charge in [0.1, 0.15) is 9.67 Å². The van der Waals surface area contributed by atoms with Crippen molar-refractivity contribution in [3.8, 4) is 0 Å². The zero-order valence-corrected chi connectivity index (χ0v) is 24.6. The van der Waals surface area contributed by atoms with Gasteiger partial charge in [-0.15, -0.1) is 46.4 Å². The van der Waals surface area contributed by atoms with Gasteiger partial charge < -0.3 is 0 Å². The number of halogens is 8. The van der Waals surface area contributed by atoms with Crippen molar-refractivity contribution in [3.63, 3.8) is 0 Å². The maximum atomic E-state index is 6.20. The smallest absolute Gasteiger partial charge is 0.104 e. The SMILES string of the molecule is Clc1ccc(C(c2ccccc2Cl)C(Cl)Cl)cc1.Clc1ccc(C(c2ccccc2Cl)C(Cl)Cl)cc1. The van der Waals surface area contributed by atoms with Crippen LogP contribution in [0.1, 0.15) is 34.1 Å². The molecule has 0 bridgehead atoms. The summed E-state index contributed by atoms with van der Waals surface area (Å²) < 4.78 is 0. The summed E-state index contributed by atoms with van der Waals surface area (Å²) in [5.74, 6) is -0.335. The van der Waals surface area contributed by atoms with Crippen molar-refractivity contribution >= 4 is 92.8 Å². The molecular formula is C28H20Cl8. The highest BCUT2D eigenvalue weighted by molar-refractivity contribution is 6.45. The Labute approximate surface area is 251 Å². The zero-order valence-electron chi connectivity index (χ0n) is 18.6. The van der Waals surface area contributed by atoms with E-state index in [0.717, 1.165) is 22.3 Å². The van der Waals surface area contributed by atoms with Crippen LogP contribution in [0.5, 0.6) is 0 Å². The van der Waals surface area contributed by atoms with Crippen LogP contribution in [0, 0.1) is 0 Å². The lowest BCUT2D eigenvalue weighted by molar-refractivity contribution is 0.887. The fraction of sp³-hybridized carbons (Fsp3) is 0.143. The molecule has 0 heterocycles. The number of benzene rings is 4. The standard InChI is InChI=1S/2C14H10Cl4/c2*15-10-7-5-9(6-8-10)13(14(17)18)11-3-1-2-4-12(11)16/h2*1-8,13-14H.